The first-order valence-electron chi connectivity index (χ1n) is 6.67. The van der Waals surface area contributed by atoms with Gasteiger partial charge in [0.25, 0.3) is 5.91 Å². The first-order chi connectivity index (χ1) is 11.1. The quantitative estimate of drug-likeness (QED) is 0.780. The van der Waals surface area contributed by atoms with Crippen LogP contribution in [0.2, 0.25) is 0 Å². The van der Waals surface area contributed by atoms with Gasteiger partial charge in [0.15, 0.2) is 6.04 Å². The molecule has 0 spiro atoms. The smallest absolute Gasteiger partial charge is 0.417 e. The number of carboxylic acid groups (broad SMARTS) is 1. The lowest BCUT2D eigenvalue weighted by atomic mass is 10.1. The normalized spacial score (nSPS) is 12.4. The van der Waals surface area contributed by atoms with Crippen LogP contribution in [0.15, 0.2) is 24.3 Å². The summed E-state index contributed by atoms with van der Waals surface area (Å²) >= 11 is 0. The van der Waals surface area contributed by atoms with Gasteiger partial charge in [-0.05, 0) is 12.1 Å². The summed E-state index contributed by atoms with van der Waals surface area (Å²) < 4.78 is 38.7. The fraction of sp³-hybridized carbons (Fsp3) is 0.357. The Bertz CT molecular complexity index is 631. The Kier molecular flexibility index (Phi) is 6.29. The van der Waals surface area contributed by atoms with Crippen molar-refractivity contribution < 1.29 is 42.6 Å². The van der Waals surface area contributed by atoms with E-state index in [2.05, 4.69) is 4.84 Å². The number of carbonyl (C=O) groups excluding carboxylic acids is 2. The standard InChI is InChI=1S/C14H14F3NO6/c1-2-11(20)18(10(7-19)12(21)22)24-13(23)8-5-3-4-6-9(8)14(15,16)17/h3-6,10,19H,2,7H2,1H3,(H,21,22)/t10-/m0/s1. The summed E-state index contributed by atoms with van der Waals surface area (Å²) in [6.07, 6.45) is -5.14. The molecule has 0 unspecified atom stereocenters. The number of alkyl halides is 3. The molecule has 0 fully saturated rings. The Morgan fingerprint density at radius 2 is 1.83 bits per heavy atom. The molecule has 1 aromatic carbocycles. The van der Waals surface area contributed by atoms with Crippen molar-refractivity contribution in [3.8, 4) is 0 Å². The second-order valence-electron chi connectivity index (χ2n) is 4.53. The lowest BCUT2D eigenvalue weighted by molar-refractivity contribution is -0.190. The van der Waals surface area contributed by atoms with Crippen LogP contribution < -0.4 is 0 Å². The highest BCUT2D eigenvalue weighted by Gasteiger charge is 2.38. The van der Waals surface area contributed by atoms with Crippen LogP contribution in [-0.4, -0.2) is 45.8 Å². The van der Waals surface area contributed by atoms with Gasteiger partial charge in [0.2, 0.25) is 0 Å². The van der Waals surface area contributed by atoms with Crippen molar-refractivity contribution in [1.82, 2.24) is 5.06 Å². The number of hydroxylamine groups is 2. The van der Waals surface area contributed by atoms with Gasteiger partial charge in [-0.25, -0.2) is 9.59 Å². The highest BCUT2D eigenvalue weighted by Crippen LogP contribution is 2.32. The second-order valence-corrected chi connectivity index (χ2v) is 4.53. The molecule has 10 heteroatoms. The van der Waals surface area contributed by atoms with E-state index in [1.54, 1.807) is 0 Å². The summed E-state index contributed by atoms with van der Waals surface area (Å²) in [5, 5.41) is 18.0. The minimum atomic E-state index is -4.85. The average Bonchev–Trinajstić information content (AvgIpc) is 2.52. The number of benzene rings is 1. The number of rotatable bonds is 5. The molecule has 1 rings (SSSR count). The van der Waals surface area contributed by atoms with E-state index in [0.717, 1.165) is 18.2 Å². The molecule has 1 amide bonds. The van der Waals surface area contributed by atoms with E-state index in [1.807, 2.05) is 0 Å². The summed E-state index contributed by atoms with van der Waals surface area (Å²) in [7, 11) is 0. The number of aliphatic hydroxyl groups excluding tert-OH is 1. The molecular weight excluding hydrogens is 335 g/mol. The molecule has 0 heterocycles. The molecule has 0 radical (unpaired) electrons. The first-order valence-corrected chi connectivity index (χ1v) is 6.67. The van der Waals surface area contributed by atoms with E-state index >= 15 is 0 Å². The van der Waals surface area contributed by atoms with Gasteiger partial charge in [0.1, 0.15) is 0 Å². The molecule has 2 N–H and O–H groups in total. The third kappa shape index (κ3) is 4.44. The maximum Gasteiger partial charge on any atom is 0.417 e. The van der Waals surface area contributed by atoms with Crippen LogP contribution in [0.4, 0.5) is 13.2 Å². The Balaban J connectivity index is 3.19. The number of nitrogens with zero attached hydrogens (tertiary/aromatic N) is 1. The first kappa shape index (κ1) is 19.4. The van der Waals surface area contributed by atoms with Crippen LogP contribution in [0.25, 0.3) is 0 Å². The van der Waals surface area contributed by atoms with Gasteiger partial charge >= 0.3 is 18.1 Å². The third-order valence-electron chi connectivity index (χ3n) is 2.92. The summed E-state index contributed by atoms with van der Waals surface area (Å²) in [4.78, 5) is 39.3. The predicted molar refractivity (Wildman–Crippen MR) is 72.5 cm³/mol. The second kappa shape index (κ2) is 7.77. The molecule has 0 aromatic heterocycles. The number of aliphatic carboxylic acids is 1. The van der Waals surface area contributed by atoms with Crippen LogP contribution >= 0.6 is 0 Å². The summed E-state index contributed by atoms with van der Waals surface area (Å²) in [6, 6.07) is 1.75. The van der Waals surface area contributed by atoms with Gasteiger partial charge in [-0.15, -0.1) is 0 Å². The lowest BCUT2D eigenvalue weighted by Gasteiger charge is -2.25. The molecular formula is C14H14F3NO6. The Labute approximate surface area is 134 Å². The van der Waals surface area contributed by atoms with Crippen LogP contribution in [0.5, 0.6) is 0 Å². The van der Waals surface area contributed by atoms with Gasteiger partial charge in [0.05, 0.1) is 17.7 Å². The van der Waals surface area contributed by atoms with Crippen molar-refractivity contribution in [3.63, 3.8) is 0 Å². The van der Waals surface area contributed by atoms with Crippen LogP contribution in [0.3, 0.4) is 0 Å². The van der Waals surface area contributed by atoms with Gasteiger partial charge < -0.3 is 15.1 Å². The zero-order valence-electron chi connectivity index (χ0n) is 12.4. The molecule has 0 aliphatic carbocycles. The highest BCUT2D eigenvalue weighted by atomic mass is 19.4. The molecule has 24 heavy (non-hydrogen) atoms. The zero-order valence-corrected chi connectivity index (χ0v) is 12.4. The molecule has 0 saturated carbocycles. The van der Waals surface area contributed by atoms with E-state index in [1.165, 1.54) is 6.92 Å². The largest absolute Gasteiger partial charge is 0.480 e. The maximum atomic E-state index is 12.9. The van der Waals surface area contributed by atoms with Gasteiger partial charge in [-0.2, -0.15) is 18.2 Å². The van der Waals surface area contributed by atoms with Gasteiger partial charge in [0, 0.05) is 6.42 Å². The Morgan fingerprint density at radius 1 is 1.25 bits per heavy atom. The Morgan fingerprint density at radius 3 is 2.29 bits per heavy atom. The van der Waals surface area contributed by atoms with Crippen molar-refractivity contribution in [2.24, 2.45) is 0 Å². The van der Waals surface area contributed by atoms with Gasteiger partial charge in [-0.3, -0.25) is 4.79 Å². The molecule has 0 aliphatic heterocycles. The summed E-state index contributed by atoms with van der Waals surface area (Å²) in [5.74, 6) is -4.24. The fourth-order valence-corrected chi connectivity index (χ4v) is 1.74. The van der Waals surface area contributed by atoms with Crippen molar-refractivity contribution in [2.45, 2.75) is 25.6 Å². The SMILES string of the molecule is CCC(=O)N(OC(=O)c1ccccc1C(F)(F)F)[C@@H](CO)C(=O)O. The topological polar surface area (TPSA) is 104 Å². The molecule has 0 aliphatic rings. The van der Waals surface area contributed by atoms with Gasteiger partial charge in [-0.1, -0.05) is 19.1 Å². The monoisotopic (exact) mass is 349 g/mol. The number of halogens is 3. The van der Waals surface area contributed by atoms with Crippen molar-refractivity contribution in [3.05, 3.63) is 35.4 Å². The van der Waals surface area contributed by atoms with Crippen molar-refractivity contribution in [2.75, 3.05) is 6.61 Å². The molecule has 7 nitrogen and oxygen atoms in total. The molecule has 1 atom stereocenters. The highest BCUT2D eigenvalue weighted by molar-refractivity contribution is 5.93. The molecule has 132 valence electrons. The lowest BCUT2D eigenvalue weighted by Crippen LogP contribution is -2.48. The molecule has 0 bridgehead atoms. The van der Waals surface area contributed by atoms with Crippen molar-refractivity contribution >= 4 is 17.8 Å². The minimum Gasteiger partial charge on any atom is -0.480 e. The summed E-state index contributed by atoms with van der Waals surface area (Å²) in [6.45, 7) is 0.235. The van der Waals surface area contributed by atoms with Crippen molar-refractivity contribution in [1.29, 1.82) is 0 Å². The maximum absolute atomic E-state index is 12.9. The van der Waals surface area contributed by atoms with E-state index in [-0.39, 0.29) is 11.5 Å². The van der Waals surface area contributed by atoms with E-state index in [9.17, 15) is 27.6 Å². The van der Waals surface area contributed by atoms with E-state index in [4.69, 9.17) is 10.2 Å². The zero-order chi connectivity index (χ0) is 18.5. The summed E-state index contributed by atoms with van der Waals surface area (Å²) in [5.41, 5.74) is -2.18. The number of amides is 1. The van der Waals surface area contributed by atoms with E-state index in [0.29, 0.717) is 6.07 Å². The number of aliphatic hydroxyl groups is 1. The number of carboxylic acids is 1. The molecule has 0 saturated heterocycles. The van der Waals surface area contributed by atoms with Crippen LogP contribution in [0.1, 0.15) is 29.3 Å². The Hall–Kier alpha value is -2.62. The number of hydrogen-bond acceptors (Lipinski definition) is 5. The third-order valence-corrected chi connectivity index (χ3v) is 2.92. The number of hydrogen-bond donors (Lipinski definition) is 2. The predicted octanol–water partition coefficient (Wildman–Crippen LogP) is 1.46. The van der Waals surface area contributed by atoms with E-state index < -0.39 is 47.8 Å². The average molecular weight is 349 g/mol. The number of carbonyl (C=O) groups is 3. The minimum absolute atomic E-state index is 0.0673. The van der Waals surface area contributed by atoms with Crippen LogP contribution in [-0.2, 0) is 20.6 Å². The molecule has 1 aromatic rings. The van der Waals surface area contributed by atoms with Crippen LogP contribution in [0, 0.1) is 0 Å². The fourth-order valence-electron chi connectivity index (χ4n) is 1.74.